The SMILES string of the molecule is CC(C)(O)c1ccc(C(Cl)(Cl)C(Cl)(Cl)C(Cl)(Cl)Cl)cc1. The highest BCUT2D eigenvalue weighted by molar-refractivity contribution is 6.78. The molecular weight excluding hydrogens is 408 g/mol. The molecule has 0 heterocycles. The number of hydrogen-bond donors (Lipinski definition) is 1. The van der Waals surface area contributed by atoms with Gasteiger partial charge in [-0.2, -0.15) is 0 Å². The normalized spacial score (nSPS) is 14.5. The zero-order chi connectivity index (χ0) is 16.0. The van der Waals surface area contributed by atoms with Crippen molar-refractivity contribution in [3.05, 3.63) is 35.4 Å². The minimum atomic E-state index is -2.10. The molecule has 0 amide bonds. The first kappa shape index (κ1) is 19.3. The predicted molar refractivity (Wildman–Crippen MR) is 89.8 cm³/mol. The van der Waals surface area contributed by atoms with Gasteiger partial charge in [-0.15, -0.1) is 0 Å². The van der Waals surface area contributed by atoms with Crippen molar-refractivity contribution in [3.63, 3.8) is 0 Å². The number of halogens is 7. The van der Waals surface area contributed by atoms with E-state index < -0.39 is 18.1 Å². The molecule has 1 rings (SSSR count). The zero-order valence-corrected chi connectivity index (χ0v) is 15.7. The van der Waals surface area contributed by atoms with Crippen LogP contribution in [0.3, 0.4) is 0 Å². The van der Waals surface area contributed by atoms with E-state index in [1.807, 2.05) is 0 Å². The average molecular weight is 419 g/mol. The Balaban J connectivity index is 3.24. The summed E-state index contributed by atoms with van der Waals surface area (Å²) in [5, 5.41) is 9.89. The highest BCUT2D eigenvalue weighted by Crippen LogP contribution is 2.60. The van der Waals surface area contributed by atoms with Gasteiger partial charge in [-0.25, -0.2) is 0 Å². The van der Waals surface area contributed by atoms with Gasteiger partial charge in [0.05, 0.1) is 5.60 Å². The Labute approximate surface area is 153 Å². The lowest BCUT2D eigenvalue weighted by Gasteiger charge is -2.38. The molecule has 0 aliphatic rings. The Bertz CT molecular complexity index is 468. The summed E-state index contributed by atoms with van der Waals surface area (Å²) in [5.74, 6) is 0. The van der Waals surface area contributed by atoms with E-state index in [2.05, 4.69) is 0 Å². The van der Waals surface area contributed by atoms with Crippen molar-refractivity contribution < 1.29 is 5.11 Å². The summed E-state index contributed by atoms with van der Waals surface area (Å²) in [5.41, 5.74) is -0.00668. The van der Waals surface area contributed by atoms with Crippen LogP contribution >= 0.6 is 81.2 Å². The summed E-state index contributed by atoms with van der Waals surface area (Å²) in [4.78, 5) is 0. The van der Waals surface area contributed by atoms with Gasteiger partial charge < -0.3 is 5.11 Å². The molecule has 0 aliphatic heterocycles. The van der Waals surface area contributed by atoms with E-state index in [9.17, 15) is 5.11 Å². The molecule has 0 saturated carbocycles. The minimum Gasteiger partial charge on any atom is -0.386 e. The van der Waals surface area contributed by atoms with E-state index in [1.54, 1.807) is 38.1 Å². The maximum atomic E-state index is 9.89. The number of alkyl halides is 7. The molecule has 0 unspecified atom stereocenters. The van der Waals surface area contributed by atoms with Gasteiger partial charge in [-0.05, 0) is 25.0 Å². The van der Waals surface area contributed by atoms with Gasteiger partial charge in [-0.1, -0.05) is 105 Å². The van der Waals surface area contributed by atoms with Crippen LogP contribution in [0.5, 0.6) is 0 Å². The second-order valence-corrected chi connectivity index (χ2v) is 9.72. The van der Waals surface area contributed by atoms with Crippen molar-refractivity contribution in [1.29, 1.82) is 0 Å². The first-order valence-corrected chi connectivity index (χ1v) is 8.01. The first-order chi connectivity index (χ1) is 8.71. The lowest BCUT2D eigenvalue weighted by atomic mass is 9.96. The van der Waals surface area contributed by atoms with Gasteiger partial charge in [0.2, 0.25) is 8.13 Å². The van der Waals surface area contributed by atoms with E-state index in [4.69, 9.17) is 81.2 Å². The number of benzene rings is 1. The molecular formula is C12H11Cl7O. The van der Waals surface area contributed by atoms with Crippen molar-refractivity contribution in [1.82, 2.24) is 0 Å². The first-order valence-electron chi connectivity index (χ1n) is 5.37. The Morgan fingerprint density at radius 3 is 1.40 bits per heavy atom. The Hall–Kier alpha value is 1.21. The van der Waals surface area contributed by atoms with E-state index >= 15 is 0 Å². The molecule has 20 heavy (non-hydrogen) atoms. The molecule has 0 saturated heterocycles. The van der Waals surface area contributed by atoms with Crippen molar-refractivity contribution in [2.45, 2.75) is 31.9 Å². The van der Waals surface area contributed by atoms with Gasteiger partial charge in [0.15, 0.2) is 4.33 Å². The molecule has 0 fully saturated rings. The van der Waals surface area contributed by atoms with E-state index in [0.717, 1.165) is 0 Å². The maximum absolute atomic E-state index is 9.89. The number of aliphatic hydroxyl groups is 1. The van der Waals surface area contributed by atoms with E-state index in [1.165, 1.54) is 0 Å². The van der Waals surface area contributed by atoms with Crippen LogP contribution in [0, 0.1) is 0 Å². The summed E-state index contributed by atoms with van der Waals surface area (Å²) in [6, 6.07) is 6.39. The van der Waals surface area contributed by atoms with Crippen molar-refractivity contribution in [3.8, 4) is 0 Å². The standard InChI is InChI=1S/C12H11Cl7O/c1-9(2,20)7-3-5-8(6-4-7)10(13,14)11(15,16)12(17,18)19/h3-6,20H,1-2H3. The van der Waals surface area contributed by atoms with Gasteiger partial charge in [0, 0.05) is 0 Å². The lowest BCUT2D eigenvalue weighted by Crippen LogP contribution is -2.45. The summed E-state index contributed by atoms with van der Waals surface area (Å²) >= 11 is 41.6. The van der Waals surface area contributed by atoms with Crippen molar-refractivity contribution in [2.24, 2.45) is 0 Å². The third kappa shape index (κ3) is 3.75. The highest BCUT2D eigenvalue weighted by Gasteiger charge is 2.60. The molecule has 0 spiro atoms. The summed E-state index contributed by atoms with van der Waals surface area (Å²) in [6.45, 7) is 3.29. The smallest absolute Gasteiger partial charge is 0.226 e. The maximum Gasteiger partial charge on any atom is 0.226 e. The van der Waals surface area contributed by atoms with Crippen LogP contribution < -0.4 is 0 Å². The summed E-state index contributed by atoms with van der Waals surface area (Å²) in [6.07, 6.45) is 0. The van der Waals surface area contributed by atoms with E-state index in [-0.39, 0.29) is 0 Å². The zero-order valence-electron chi connectivity index (χ0n) is 10.4. The Morgan fingerprint density at radius 2 is 1.10 bits per heavy atom. The predicted octanol–water partition coefficient (Wildman–Crippen LogP) is 6.09. The second kappa shape index (κ2) is 6.02. The Kier molecular flexibility index (Phi) is 5.79. The lowest BCUT2D eigenvalue weighted by molar-refractivity contribution is 0.0786. The molecule has 0 aliphatic carbocycles. The summed E-state index contributed by atoms with van der Waals surface area (Å²) in [7, 11) is 0. The average Bonchev–Trinajstić information content (AvgIpc) is 2.26. The van der Waals surface area contributed by atoms with Crippen molar-refractivity contribution in [2.75, 3.05) is 0 Å². The molecule has 0 aromatic heterocycles. The van der Waals surface area contributed by atoms with Crippen LogP contribution in [0.25, 0.3) is 0 Å². The fourth-order valence-corrected chi connectivity index (χ4v) is 2.92. The van der Waals surface area contributed by atoms with Crippen LogP contribution in [-0.4, -0.2) is 13.2 Å². The highest BCUT2D eigenvalue weighted by atomic mass is 35.6. The van der Waals surface area contributed by atoms with Crippen LogP contribution in [0.15, 0.2) is 24.3 Å². The molecule has 1 N–H and O–H groups in total. The molecule has 8 heteroatoms. The van der Waals surface area contributed by atoms with Gasteiger partial charge in [-0.3, -0.25) is 0 Å². The van der Waals surface area contributed by atoms with Crippen molar-refractivity contribution >= 4 is 81.2 Å². The minimum absolute atomic E-state index is 0.338. The Morgan fingerprint density at radius 1 is 0.750 bits per heavy atom. The molecule has 0 radical (unpaired) electrons. The third-order valence-corrected chi connectivity index (χ3v) is 6.66. The second-order valence-electron chi connectivity index (χ2n) is 4.78. The van der Waals surface area contributed by atoms with Gasteiger partial charge in [0.25, 0.3) is 0 Å². The fraction of sp³-hybridized carbons (Fsp3) is 0.500. The topological polar surface area (TPSA) is 20.2 Å². The molecule has 1 nitrogen and oxygen atoms in total. The molecule has 0 atom stereocenters. The van der Waals surface area contributed by atoms with E-state index in [0.29, 0.717) is 11.1 Å². The number of rotatable bonds is 3. The fourth-order valence-electron chi connectivity index (χ4n) is 1.45. The largest absolute Gasteiger partial charge is 0.386 e. The van der Waals surface area contributed by atoms with Crippen LogP contribution in [0.2, 0.25) is 0 Å². The molecule has 1 aromatic carbocycles. The van der Waals surface area contributed by atoms with Crippen LogP contribution in [0.1, 0.15) is 25.0 Å². The number of hydrogen-bond acceptors (Lipinski definition) is 1. The molecule has 1 aromatic rings. The monoisotopic (exact) mass is 416 g/mol. The summed E-state index contributed by atoms with van der Waals surface area (Å²) < 4.78 is -6.04. The van der Waals surface area contributed by atoms with Crippen LogP contribution in [0.4, 0.5) is 0 Å². The molecule has 0 bridgehead atoms. The third-order valence-electron chi connectivity index (χ3n) is 2.70. The van der Waals surface area contributed by atoms with Gasteiger partial charge in [0.1, 0.15) is 0 Å². The van der Waals surface area contributed by atoms with Crippen LogP contribution in [-0.2, 0) is 9.93 Å². The quantitative estimate of drug-likeness (QED) is 0.588. The molecule has 114 valence electrons. The van der Waals surface area contributed by atoms with Gasteiger partial charge >= 0.3 is 0 Å².